The van der Waals surface area contributed by atoms with Crippen molar-refractivity contribution in [3.63, 3.8) is 0 Å². The van der Waals surface area contributed by atoms with Gasteiger partial charge in [0, 0.05) is 12.4 Å². The van der Waals surface area contributed by atoms with E-state index in [1.165, 1.54) is 0 Å². The van der Waals surface area contributed by atoms with Crippen LogP contribution in [0.25, 0.3) is 5.52 Å². The van der Waals surface area contributed by atoms with Crippen molar-refractivity contribution in [3.05, 3.63) is 27.1 Å². The first kappa shape index (κ1) is 8.25. The molecule has 0 atom stereocenters. The summed E-state index contributed by atoms with van der Waals surface area (Å²) in [6.45, 7) is 1.94. The van der Waals surface area contributed by atoms with E-state index in [9.17, 15) is 0 Å². The number of hydrogen-bond acceptors (Lipinski definition) is 2. The monoisotopic (exact) mass is 293 g/mol. The Kier molecular flexibility index (Phi) is 1.96. The summed E-state index contributed by atoms with van der Waals surface area (Å²) >= 11 is 8.05. The molecule has 2 rings (SSSR count). The average molecular weight is 293 g/mol. The highest BCUT2D eigenvalue weighted by molar-refractivity contribution is 14.1. The lowest BCUT2D eigenvalue weighted by Gasteiger charge is -1.95. The summed E-state index contributed by atoms with van der Waals surface area (Å²) in [5.41, 5.74) is 0.886. The SMILES string of the molecule is Cc1nc(I)c2c(Cl)nccn12. The molecule has 3 nitrogen and oxygen atoms in total. The van der Waals surface area contributed by atoms with Gasteiger partial charge in [-0.25, -0.2) is 9.97 Å². The van der Waals surface area contributed by atoms with Gasteiger partial charge in [0.2, 0.25) is 0 Å². The molecule has 0 aliphatic rings. The van der Waals surface area contributed by atoms with Crippen LogP contribution in [0.4, 0.5) is 0 Å². The minimum atomic E-state index is 0.502. The van der Waals surface area contributed by atoms with Crippen molar-refractivity contribution in [2.24, 2.45) is 0 Å². The van der Waals surface area contributed by atoms with E-state index in [-0.39, 0.29) is 0 Å². The number of aryl methyl sites for hydroxylation is 1. The number of fused-ring (bicyclic) bond motifs is 1. The molecule has 5 heteroatoms. The summed E-state index contributed by atoms with van der Waals surface area (Å²) < 4.78 is 2.82. The maximum Gasteiger partial charge on any atom is 0.155 e. The molecule has 0 fully saturated rings. The van der Waals surface area contributed by atoms with Gasteiger partial charge < -0.3 is 0 Å². The maximum atomic E-state index is 5.90. The summed E-state index contributed by atoms with van der Waals surface area (Å²) in [5.74, 6) is 0.929. The third-order valence-corrected chi connectivity index (χ3v) is 2.67. The van der Waals surface area contributed by atoms with Gasteiger partial charge in [-0.2, -0.15) is 0 Å². The summed E-state index contributed by atoms with van der Waals surface area (Å²) in [6.07, 6.45) is 3.52. The fourth-order valence-electron chi connectivity index (χ4n) is 1.10. The van der Waals surface area contributed by atoms with Gasteiger partial charge >= 0.3 is 0 Å². The summed E-state index contributed by atoms with van der Waals surface area (Å²) in [6, 6.07) is 0. The Morgan fingerprint density at radius 3 is 3.00 bits per heavy atom. The minimum absolute atomic E-state index is 0.502. The van der Waals surface area contributed by atoms with Gasteiger partial charge in [0.25, 0.3) is 0 Å². The van der Waals surface area contributed by atoms with Gasteiger partial charge in [-0.3, -0.25) is 4.40 Å². The van der Waals surface area contributed by atoms with E-state index in [1.54, 1.807) is 6.20 Å². The number of aromatic nitrogens is 3. The molecule has 0 saturated heterocycles. The Bertz CT molecular complexity index is 437. The molecule has 0 unspecified atom stereocenters. The Morgan fingerprint density at radius 2 is 2.33 bits per heavy atom. The van der Waals surface area contributed by atoms with Crippen LogP contribution in [-0.4, -0.2) is 14.4 Å². The molecule has 0 radical (unpaired) electrons. The Balaban J connectivity index is 2.99. The highest BCUT2D eigenvalue weighted by atomic mass is 127. The molecule has 2 aromatic heterocycles. The van der Waals surface area contributed by atoms with Crippen LogP contribution in [0.1, 0.15) is 5.82 Å². The standard InChI is InChI=1S/C7H5ClIN3/c1-4-11-7(9)5-6(8)10-2-3-12(4)5/h2-3H,1H3. The smallest absolute Gasteiger partial charge is 0.155 e. The van der Waals surface area contributed by atoms with Crippen molar-refractivity contribution in [1.82, 2.24) is 14.4 Å². The van der Waals surface area contributed by atoms with Gasteiger partial charge in [-0.05, 0) is 29.5 Å². The number of nitrogens with zero attached hydrogens (tertiary/aromatic N) is 3. The predicted octanol–water partition coefficient (Wildman–Crippen LogP) is 2.30. The molecule has 0 amide bonds. The minimum Gasteiger partial charge on any atom is -0.299 e. The van der Waals surface area contributed by atoms with Gasteiger partial charge in [0.05, 0.1) is 0 Å². The van der Waals surface area contributed by atoms with Crippen LogP contribution in [0.2, 0.25) is 5.15 Å². The Morgan fingerprint density at radius 1 is 1.58 bits per heavy atom. The lowest BCUT2D eigenvalue weighted by Crippen LogP contribution is -1.88. The van der Waals surface area contributed by atoms with Crippen molar-refractivity contribution in [3.8, 4) is 0 Å². The van der Waals surface area contributed by atoms with E-state index in [2.05, 4.69) is 32.6 Å². The second-order valence-corrected chi connectivity index (χ2v) is 3.77. The number of rotatable bonds is 0. The molecule has 0 aromatic carbocycles. The molecule has 0 bridgehead atoms. The van der Waals surface area contributed by atoms with Crippen LogP contribution in [0.3, 0.4) is 0 Å². The molecular formula is C7H5ClIN3. The fraction of sp³-hybridized carbons (Fsp3) is 0.143. The van der Waals surface area contributed by atoms with Gasteiger partial charge in [-0.1, -0.05) is 11.6 Å². The molecular weight excluding hydrogens is 288 g/mol. The zero-order chi connectivity index (χ0) is 8.72. The second-order valence-electron chi connectivity index (χ2n) is 2.39. The summed E-state index contributed by atoms with van der Waals surface area (Å²) in [4.78, 5) is 8.26. The third-order valence-electron chi connectivity index (χ3n) is 1.64. The molecule has 2 aromatic rings. The van der Waals surface area contributed by atoms with Crippen LogP contribution >= 0.6 is 34.2 Å². The Hall–Kier alpha value is -0.360. The number of imidazole rings is 1. The van der Waals surface area contributed by atoms with Crippen LogP contribution < -0.4 is 0 Å². The van der Waals surface area contributed by atoms with Gasteiger partial charge in [0.1, 0.15) is 15.0 Å². The van der Waals surface area contributed by atoms with Gasteiger partial charge in [0.15, 0.2) is 5.15 Å². The molecule has 2 heterocycles. The molecule has 0 aliphatic heterocycles. The number of halogens is 2. The van der Waals surface area contributed by atoms with E-state index >= 15 is 0 Å². The molecule has 0 saturated carbocycles. The van der Waals surface area contributed by atoms with Crippen molar-refractivity contribution < 1.29 is 0 Å². The first-order valence-electron chi connectivity index (χ1n) is 3.35. The fourth-order valence-corrected chi connectivity index (χ4v) is 2.36. The topological polar surface area (TPSA) is 30.2 Å². The van der Waals surface area contributed by atoms with E-state index in [1.807, 2.05) is 17.5 Å². The normalized spacial score (nSPS) is 10.9. The van der Waals surface area contributed by atoms with E-state index in [0.717, 1.165) is 15.0 Å². The largest absolute Gasteiger partial charge is 0.299 e. The van der Waals surface area contributed by atoms with E-state index in [0.29, 0.717) is 5.15 Å². The first-order valence-corrected chi connectivity index (χ1v) is 4.80. The predicted molar refractivity (Wildman–Crippen MR) is 55.5 cm³/mol. The zero-order valence-electron chi connectivity index (χ0n) is 6.25. The number of hydrogen-bond donors (Lipinski definition) is 0. The average Bonchev–Trinajstić information content (AvgIpc) is 2.29. The van der Waals surface area contributed by atoms with E-state index in [4.69, 9.17) is 11.6 Å². The summed E-state index contributed by atoms with van der Waals surface area (Å²) in [7, 11) is 0. The van der Waals surface area contributed by atoms with Crippen LogP contribution in [0.5, 0.6) is 0 Å². The molecule has 0 spiro atoms. The van der Waals surface area contributed by atoms with Crippen LogP contribution in [0.15, 0.2) is 12.4 Å². The van der Waals surface area contributed by atoms with Crippen molar-refractivity contribution >= 4 is 39.7 Å². The molecule has 0 aliphatic carbocycles. The lowest BCUT2D eigenvalue weighted by atomic mass is 10.6. The van der Waals surface area contributed by atoms with Crippen LogP contribution in [0, 0.1) is 10.6 Å². The van der Waals surface area contributed by atoms with Crippen molar-refractivity contribution in [1.29, 1.82) is 0 Å². The zero-order valence-corrected chi connectivity index (χ0v) is 9.17. The van der Waals surface area contributed by atoms with Crippen molar-refractivity contribution in [2.45, 2.75) is 6.92 Å². The van der Waals surface area contributed by atoms with E-state index < -0.39 is 0 Å². The molecule has 62 valence electrons. The van der Waals surface area contributed by atoms with Gasteiger partial charge in [-0.15, -0.1) is 0 Å². The first-order chi connectivity index (χ1) is 5.70. The summed E-state index contributed by atoms with van der Waals surface area (Å²) in [5, 5.41) is 0.502. The lowest BCUT2D eigenvalue weighted by molar-refractivity contribution is 1.03. The second kappa shape index (κ2) is 2.85. The molecule has 0 N–H and O–H groups in total. The maximum absolute atomic E-state index is 5.90. The highest BCUT2D eigenvalue weighted by Crippen LogP contribution is 2.20. The quantitative estimate of drug-likeness (QED) is 0.698. The molecule has 12 heavy (non-hydrogen) atoms. The van der Waals surface area contributed by atoms with Crippen molar-refractivity contribution in [2.75, 3.05) is 0 Å². The highest BCUT2D eigenvalue weighted by Gasteiger charge is 2.08. The Labute approximate surface area is 87.9 Å². The third kappa shape index (κ3) is 1.09. The van der Waals surface area contributed by atoms with Crippen LogP contribution in [-0.2, 0) is 0 Å².